The molecule has 1 aromatic rings. The maximum Gasteiger partial charge on any atom is 0.290 e. The Labute approximate surface area is 127 Å². The highest BCUT2D eigenvalue weighted by molar-refractivity contribution is 7.51. The highest BCUT2D eigenvalue weighted by atomic mass is 35.7. The van der Waals surface area contributed by atoms with Crippen molar-refractivity contribution in [3.8, 4) is 0 Å². The van der Waals surface area contributed by atoms with Crippen molar-refractivity contribution in [1.82, 2.24) is 0 Å². The molecule has 1 aliphatic heterocycles. The first-order valence-corrected chi connectivity index (χ1v) is 10.8. The molecule has 0 fully saturated rings. The minimum absolute atomic E-state index is 0.125. The summed E-state index contributed by atoms with van der Waals surface area (Å²) in [7, 11) is 0. The first kappa shape index (κ1) is 15.2. The molecule has 0 amide bonds. The van der Waals surface area contributed by atoms with Gasteiger partial charge in [-0.25, -0.2) is 0 Å². The van der Waals surface area contributed by atoms with E-state index >= 15 is 0 Å². The first-order chi connectivity index (χ1) is 8.63. The molecule has 0 N–H and O–H groups in total. The van der Waals surface area contributed by atoms with E-state index in [0.717, 1.165) is 6.42 Å². The zero-order chi connectivity index (χ0) is 14.5. The van der Waals surface area contributed by atoms with Gasteiger partial charge in [0.05, 0.1) is 0 Å². The Morgan fingerprint density at radius 1 is 1.05 bits per heavy atom. The Bertz CT molecular complexity index is 511. The lowest BCUT2D eigenvalue weighted by molar-refractivity contribution is 0.326. The maximum atomic E-state index is 6.86. The fourth-order valence-electron chi connectivity index (χ4n) is 3.31. The molecular weight excluding hydrogens is 291 g/mol. The number of benzene rings is 1. The Morgan fingerprint density at radius 2 is 1.58 bits per heavy atom. The van der Waals surface area contributed by atoms with Crippen LogP contribution in [0.3, 0.4) is 0 Å². The van der Waals surface area contributed by atoms with E-state index in [9.17, 15) is 0 Å². The third kappa shape index (κ3) is 2.20. The standard InChI is InChI=1S/C16H22Cl2Si/c1-12-13(2)19(17,18)16(12,11-15(3,4)5)14-9-7-6-8-10-14/h6-10H,11H2,1-5H3. The second-order valence-corrected chi connectivity index (χ2v) is 13.6. The van der Waals surface area contributed by atoms with Gasteiger partial charge >= 0.3 is 0 Å². The summed E-state index contributed by atoms with van der Waals surface area (Å²) in [5.74, 6) is 0. The minimum Gasteiger partial charge on any atom is -0.139 e. The van der Waals surface area contributed by atoms with Crippen molar-refractivity contribution in [3.05, 3.63) is 46.7 Å². The summed E-state index contributed by atoms with van der Waals surface area (Å²) in [4.78, 5) is 0. The Hall–Kier alpha value is -0.243. The predicted molar refractivity (Wildman–Crippen MR) is 88.0 cm³/mol. The molecule has 1 aromatic carbocycles. The van der Waals surface area contributed by atoms with E-state index in [1.165, 1.54) is 16.3 Å². The van der Waals surface area contributed by atoms with E-state index < -0.39 is 6.69 Å². The molecule has 1 atom stereocenters. The van der Waals surface area contributed by atoms with Gasteiger partial charge in [-0.2, -0.15) is 0 Å². The molecule has 0 spiro atoms. The van der Waals surface area contributed by atoms with Gasteiger partial charge in [-0.05, 0) is 31.2 Å². The summed E-state index contributed by atoms with van der Waals surface area (Å²) < 4.78 is 0. The molecule has 1 aliphatic rings. The number of hydrogen-bond acceptors (Lipinski definition) is 0. The van der Waals surface area contributed by atoms with Gasteiger partial charge in [0.15, 0.2) is 0 Å². The van der Waals surface area contributed by atoms with Gasteiger partial charge < -0.3 is 0 Å². The van der Waals surface area contributed by atoms with Crippen LogP contribution in [-0.2, 0) is 5.04 Å². The van der Waals surface area contributed by atoms with Gasteiger partial charge in [0.25, 0.3) is 6.69 Å². The van der Waals surface area contributed by atoms with Gasteiger partial charge in [-0.15, -0.1) is 22.2 Å². The average molecular weight is 313 g/mol. The molecular formula is C16H22Cl2Si. The van der Waals surface area contributed by atoms with Gasteiger partial charge in [0, 0.05) is 5.04 Å². The number of allylic oxidation sites excluding steroid dienone is 2. The summed E-state index contributed by atoms with van der Waals surface area (Å²) in [5, 5.41) is 1.11. The first-order valence-electron chi connectivity index (χ1n) is 6.75. The molecule has 1 unspecified atom stereocenters. The van der Waals surface area contributed by atoms with Crippen LogP contribution in [0.2, 0.25) is 0 Å². The lowest BCUT2D eigenvalue weighted by Gasteiger charge is -2.55. The van der Waals surface area contributed by atoms with Gasteiger partial charge in [0.1, 0.15) is 0 Å². The number of rotatable bonds is 2. The van der Waals surface area contributed by atoms with Crippen LogP contribution in [-0.4, -0.2) is 6.69 Å². The van der Waals surface area contributed by atoms with E-state index in [1.807, 2.05) is 6.07 Å². The van der Waals surface area contributed by atoms with E-state index in [4.69, 9.17) is 22.2 Å². The second-order valence-electron chi connectivity index (χ2n) is 6.83. The van der Waals surface area contributed by atoms with Crippen molar-refractivity contribution in [2.45, 2.75) is 46.1 Å². The summed E-state index contributed by atoms with van der Waals surface area (Å²) in [6, 6.07) is 10.6. The van der Waals surface area contributed by atoms with Crippen LogP contribution in [0.4, 0.5) is 0 Å². The normalized spacial score (nSPS) is 26.3. The van der Waals surface area contributed by atoms with E-state index in [-0.39, 0.29) is 10.5 Å². The molecule has 104 valence electrons. The smallest absolute Gasteiger partial charge is 0.139 e. The zero-order valence-electron chi connectivity index (χ0n) is 12.3. The Balaban J connectivity index is 2.61. The molecule has 0 radical (unpaired) electrons. The minimum atomic E-state index is -2.42. The van der Waals surface area contributed by atoms with Crippen LogP contribution >= 0.6 is 22.2 Å². The SMILES string of the molecule is CC1=C(C)[Si](Cl)(Cl)C1(CC(C)(C)C)c1ccccc1. The van der Waals surface area contributed by atoms with Gasteiger partial charge in [-0.3, -0.25) is 0 Å². The molecule has 0 nitrogen and oxygen atoms in total. The van der Waals surface area contributed by atoms with E-state index in [2.05, 4.69) is 58.9 Å². The number of hydrogen-bond donors (Lipinski definition) is 0. The van der Waals surface area contributed by atoms with Crippen LogP contribution in [0.5, 0.6) is 0 Å². The molecule has 1 heterocycles. The summed E-state index contributed by atoms with van der Waals surface area (Å²) >= 11 is 13.7. The van der Waals surface area contributed by atoms with Crippen molar-refractivity contribution >= 4 is 28.9 Å². The lowest BCUT2D eigenvalue weighted by Crippen LogP contribution is -2.60. The van der Waals surface area contributed by atoms with Crippen molar-refractivity contribution in [3.63, 3.8) is 0 Å². The van der Waals surface area contributed by atoms with Crippen LogP contribution in [0.15, 0.2) is 41.1 Å². The molecule has 3 heteroatoms. The highest BCUT2D eigenvalue weighted by Gasteiger charge is 2.64. The van der Waals surface area contributed by atoms with Crippen molar-refractivity contribution in [2.24, 2.45) is 5.41 Å². The topological polar surface area (TPSA) is 0 Å². The maximum absolute atomic E-state index is 6.86. The molecule has 0 aromatic heterocycles. The average Bonchev–Trinajstić information content (AvgIpc) is 2.34. The van der Waals surface area contributed by atoms with Crippen molar-refractivity contribution in [2.75, 3.05) is 0 Å². The predicted octanol–water partition coefficient (Wildman–Crippen LogP) is 5.71. The van der Waals surface area contributed by atoms with Crippen LogP contribution in [0, 0.1) is 5.41 Å². The van der Waals surface area contributed by atoms with E-state index in [0.29, 0.717) is 0 Å². The van der Waals surface area contributed by atoms with E-state index in [1.54, 1.807) is 0 Å². The monoisotopic (exact) mass is 312 g/mol. The fourth-order valence-corrected chi connectivity index (χ4v) is 9.14. The number of halogens is 2. The summed E-state index contributed by atoms with van der Waals surface area (Å²) in [5.41, 5.74) is 2.86. The van der Waals surface area contributed by atoms with Crippen LogP contribution < -0.4 is 0 Å². The second kappa shape index (κ2) is 4.65. The molecule has 2 rings (SSSR count). The summed E-state index contributed by atoms with van der Waals surface area (Å²) in [6.45, 7) is 8.66. The van der Waals surface area contributed by atoms with Crippen LogP contribution in [0.1, 0.15) is 46.6 Å². The largest absolute Gasteiger partial charge is 0.290 e. The lowest BCUT2D eigenvalue weighted by atomic mass is 9.76. The van der Waals surface area contributed by atoms with Crippen LogP contribution in [0.25, 0.3) is 0 Å². The summed E-state index contributed by atoms with van der Waals surface area (Å²) in [6.07, 6.45) is 1.01. The fraction of sp³-hybridized carbons (Fsp3) is 0.500. The molecule has 19 heavy (non-hydrogen) atoms. The highest BCUT2D eigenvalue weighted by Crippen LogP contribution is 2.61. The molecule has 0 saturated carbocycles. The van der Waals surface area contributed by atoms with Gasteiger partial charge in [-0.1, -0.05) is 61.9 Å². The molecule has 0 saturated heterocycles. The van der Waals surface area contributed by atoms with Gasteiger partial charge in [0.2, 0.25) is 0 Å². The Morgan fingerprint density at radius 3 is 2.00 bits per heavy atom. The third-order valence-corrected chi connectivity index (χ3v) is 11.1. The zero-order valence-corrected chi connectivity index (χ0v) is 14.9. The Kier molecular flexibility index (Phi) is 3.71. The quantitative estimate of drug-likeness (QED) is 0.484. The molecule has 0 bridgehead atoms. The third-order valence-electron chi connectivity index (χ3n) is 4.27. The van der Waals surface area contributed by atoms with Crippen molar-refractivity contribution < 1.29 is 0 Å². The molecule has 0 aliphatic carbocycles. The van der Waals surface area contributed by atoms with Crippen molar-refractivity contribution in [1.29, 1.82) is 0 Å².